The molecule has 2 atom stereocenters. The highest BCUT2D eigenvalue weighted by Crippen LogP contribution is 2.50. The molecule has 1 aromatic heterocycles. The van der Waals surface area contributed by atoms with Crippen LogP contribution in [-0.4, -0.2) is 24.0 Å². The van der Waals surface area contributed by atoms with E-state index in [4.69, 9.17) is 4.74 Å². The zero-order valence-electron chi connectivity index (χ0n) is 12.5. The Morgan fingerprint density at radius 3 is 3.00 bits per heavy atom. The molecule has 4 heteroatoms. The predicted octanol–water partition coefficient (Wildman–Crippen LogP) is 2.92. The number of ether oxygens (including phenoxy) is 1. The third-order valence-electron chi connectivity index (χ3n) is 4.56. The second-order valence-corrected chi connectivity index (χ2v) is 5.97. The molecule has 1 aromatic carbocycles. The van der Waals surface area contributed by atoms with Crippen molar-refractivity contribution in [1.29, 1.82) is 0 Å². The van der Waals surface area contributed by atoms with Gasteiger partial charge < -0.3 is 9.64 Å². The molecule has 4 rings (SSSR count). The number of aromatic nitrogens is 1. The van der Waals surface area contributed by atoms with Gasteiger partial charge >= 0.3 is 0 Å². The molecule has 2 aromatic rings. The molecule has 1 amide bonds. The van der Waals surface area contributed by atoms with E-state index in [-0.39, 0.29) is 11.8 Å². The second kappa shape index (κ2) is 5.13. The maximum absolute atomic E-state index is 12.9. The normalized spacial score (nSPS) is 22.7. The molecule has 0 spiro atoms. The van der Waals surface area contributed by atoms with Gasteiger partial charge in [0.15, 0.2) is 0 Å². The van der Waals surface area contributed by atoms with Gasteiger partial charge in [-0.15, -0.1) is 0 Å². The van der Waals surface area contributed by atoms with Crippen LogP contribution in [-0.2, 0) is 4.79 Å². The predicted molar refractivity (Wildman–Crippen MR) is 84.1 cm³/mol. The molecule has 2 aliphatic rings. The van der Waals surface area contributed by atoms with Crippen molar-refractivity contribution in [2.45, 2.75) is 19.3 Å². The van der Waals surface area contributed by atoms with Crippen LogP contribution in [0.1, 0.15) is 23.5 Å². The van der Waals surface area contributed by atoms with Gasteiger partial charge in [-0.05, 0) is 42.5 Å². The number of aryl methyl sites for hydroxylation is 1. The zero-order valence-corrected chi connectivity index (χ0v) is 12.5. The van der Waals surface area contributed by atoms with Crippen molar-refractivity contribution in [2.24, 2.45) is 5.92 Å². The first-order valence-corrected chi connectivity index (χ1v) is 7.70. The van der Waals surface area contributed by atoms with Crippen molar-refractivity contribution < 1.29 is 9.53 Å². The summed E-state index contributed by atoms with van der Waals surface area (Å²) in [7, 11) is 0. The minimum atomic E-state index is 0.0901. The van der Waals surface area contributed by atoms with Crippen LogP contribution in [0.15, 0.2) is 42.6 Å². The highest BCUT2D eigenvalue weighted by molar-refractivity contribution is 5.98. The first kappa shape index (κ1) is 13.3. The molecule has 1 aliphatic heterocycles. The number of carbonyl (C=O) groups is 1. The molecular formula is C18H18N2O2. The molecule has 1 aliphatic carbocycles. The summed E-state index contributed by atoms with van der Waals surface area (Å²) < 4.78 is 5.53. The number of hydrogen-bond donors (Lipinski definition) is 0. The molecule has 22 heavy (non-hydrogen) atoms. The summed E-state index contributed by atoms with van der Waals surface area (Å²) in [6.45, 7) is 3.23. The lowest BCUT2D eigenvalue weighted by atomic mass is 10.0. The van der Waals surface area contributed by atoms with Crippen molar-refractivity contribution in [3.05, 3.63) is 53.7 Å². The van der Waals surface area contributed by atoms with Crippen LogP contribution in [0.4, 0.5) is 5.69 Å². The van der Waals surface area contributed by atoms with Crippen LogP contribution in [0, 0.1) is 12.8 Å². The highest BCUT2D eigenvalue weighted by Gasteiger charge is 2.47. The van der Waals surface area contributed by atoms with Gasteiger partial charge in [-0.2, -0.15) is 0 Å². The Bertz CT molecular complexity index is 729. The Kier molecular flexibility index (Phi) is 3.10. The van der Waals surface area contributed by atoms with E-state index in [1.807, 2.05) is 23.1 Å². The Hall–Kier alpha value is -2.36. The molecule has 2 unspecified atom stereocenters. The maximum Gasteiger partial charge on any atom is 0.238 e. The van der Waals surface area contributed by atoms with E-state index in [0.717, 1.165) is 12.1 Å². The van der Waals surface area contributed by atoms with Gasteiger partial charge in [-0.1, -0.05) is 24.3 Å². The summed E-state index contributed by atoms with van der Waals surface area (Å²) >= 11 is 0. The summed E-state index contributed by atoms with van der Waals surface area (Å²) in [5, 5.41) is 0. The summed E-state index contributed by atoms with van der Waals surface area (Å²) in [5.74, 6) is 1.21. The number of carbonyl (C=O) groups excluding carboxylic acids is 1. The molecule has 0 N–H and O–H groups in total. The van der Waals surface area contributed by atoms with Gasteiger partial charge in [0.1, 0.15) is 12.3 Å². The van der Waals surface area contributed by atoms with Crippen molar-refractivity contribution in [3.8, 4) is 5.88 Å². The van der Waals surface area contributed by atoms with Crippen LogP contribution < -0.4 is 9.64 Å². The third kappa shape index (κ3) is 2.15. The minimum Gasteiger partial charge on any atom is -0.474 e. The molecular weight excluding hydrogens is 276 g/mol. The van der Waals surface area contributed by atoms with Crippen molar-refractivity contribution in [1.82, 2.24) is 4.98 Å². The fourth-order valence-electron chi connectivity index (χ4n) is 3.30. The van der Waals surface area contributed by atoms with E-state index in [0.29, 0.717) is 24.9 Å². The Morgan fingerprint density at radius 1 is 1.27 bits per heavy atom. The van der Waals surface area contributed by atoms with Crippen molar-refractivity contribution in [3.63, 3.8) is 0 Å². The number of anilines is 1. The number of nitrogens with zero attached hydrogens (tertiary/aromatic N) is 2. The van der Waals surface area contributed by atoms with Crippen LogP contribution >= 0.6 is 0 Å². The number of pyridine rings is 1. The van der Waals surface area contributed by atoms with Crippen molar-refractivity contribution in [2.75, 3.05) is 18.1 Å². The number of fused-ring (bicyclic) bond motifs is 1. The van der Waals surface area contributed by atoms with Crippen LogP contribution in [0.2, 0.25) is 0 Å². The second-order valence-electron chi connectivity index (χ2n) is 5.97. The maximum atomic E-state index is 12.9. The molecule has 1 saturated carbocycles. The quantitative estimate of drug-likeness (QED) is 0.855. The topological polar surface area (TPSA) is 42.4 Å². The highest BCUT2D eigenvalue weighted by atomic mass is 16.5. The number of amides is 1. The van der Waals surface area contributed by atoms with Crippen LogP contribution in [0.3, 0.4) is 0 Å². The Labute approximate surface area is 129 Å². The monoisotopic (exact) mass is 294 g/mol. The van der Waals surface area contributed by atoms with E-state index < -0.39 is 0 Å². The largest absolute Gasteiger partial charge is 0.474 e. The average molecular weight is 294 g/mol. The van der Waals surface area contributed by atoms with E-state index in [9.17, 15) is 4.79 Å². The summed E-state index contributed by atoms with van der Waals surface area (Å²) in [5.41, 5.74) is 3.38. The standard InChI is InChI=1S/C18H18N2O2/c1-12-5-2-3-6-13(12)14-11-15(14)18(21)20-9-10-22-17-16(20)7-4-8-19-17/h2-8,14-15H,9-11H2,1H3. The Morgan fingerprint density at radius 2 is 2.14 bits per heavy atom. The first-order valence-electron chi connectivity index (χ1n) is 7.70. The molecule has 0 saturated heterocycles. The summed E-state index contributed by atoms with van der Waals surface area (Å²) in [6.07, 6.45) is 2.64. The Balaban J connectivity index is 1.57. The van der Waals surface area contributed by atoms with E-state index in [2.05, 4.69) is 30.1 Å². The SMILES string of the molecule is Cc1ccccc1C1CC1C(=O)N1CCOc2ncccc21. The van der Waals surface area contributed by atoms with Gasteiger partial charge in [-0.25, -0.2) is 4.98 Å². The minimum absolute atomic E-state index is 0.0901. The molecule has 0 radical (unpaired) electrons. The summed E-state index contributed by atoms with van der Waals surface area (Å²) in [4.78, 5) is 18.9. The van der Waals surface area contributed by atoms with E-state index >= 15 is 0 Å². The molecule has 1 fully saturated rings. The fraction of sp³-hybridized carbons (Fsp3) is 0.333. The molecule has 2 heterocycles. The number of hydrogen-bond acceptors (Lipinski definition) is 3. The number of rotatable bonds is 2. The van der Waals surface area contributed by atoms with Crippen LogP contribution in [0.25, 0.3) is 0 Å². The lowest BCUT2D eigenvalue weighted by Crippen LogP contribution is -2.39. The van der Waals surface area contributed by atoms with Gasteiger partial charge in [0.05, 0.1) is 6.54 Å². The first-order chi connectivity index (χ1) is 10.8. The lowest BCUT2D eigenvalue weighted by molar-refractivity contribution is -0.120. The van der Waals surface area contributed by atoms with Crippen molar-refractivity contribution >= 4 is 11.6 Å². The molecule has 4 nitrogen and oxygen atoms in total. The van der Waals surface area contributed by atoms with E-state index in [1.165, 1.54) is 11.1 Å². The molecule has 0 bridgehead atoms. The van der Waals surface area contributed by atoms with Gasteiger partial charge in [0.2, 0.25) is 11.8 Å². The third-order valence-corrected chi connectivity index (χ3v) is 4.56. The fourth-order valence-corrected chi connectivity index (χ4v) is 3.30. The molecule has 112 valence electrons. The summed E-state index contributed by atoms with van der Waals surface area (Å²) in [6, 6.07) is 12.1. The lowest BCUT2D eigenvalue weighted by Gasteiger charge is -2.28. The average Bonchev–Trinajstić information content (AvgIpc) is 3.34. The van der Waals surface area contributed by atoms with Gasteiger partial charge in [0, 0.05) is 12.1 Å². The van der Waals surface area contributed by atoms with Gasteiger partial charge in [0.25, 0.3) is 0 Å². The van der Waals surface area contributed by atoms with Crippen LogP contribution in [0.5, 0.6) is 5.88 Å². The smallest absolute Gasteiger partial charge is 0.238 e. The zero-order chi connectivity index (χ0) is 15.1. The number of benzene rings is 1. The van der Waals surface area contributed by atoms with Gasteiger partial charge in [-0.3, -0.25) is 4.79 Å². The van der Waals surface area contributed by atoms with E-state index in [1.54, 1.807) is 6.20 Å².